The van der Waals surface area contributed by atoms with Crippen LogP contribution in [0, 0.1) is 0 Å². The maximum absolute atomic E-state index is 11.8. The standard InChI is InChI=1S/C10H17N3O6S/c14-4-6-19-5-2-12-20(17,18)9-7-11-13(8-9)3-1-10(15)16/h7-8,12,14H,1-6H2,(H,15,16). The number of nitrogens with one attached hydrogen (secondary N) is 1. The molecule has 114 valence electrons. The highest BCUT2D eigenvalue weighted by Crippen LogP contribution is 2.06. The van der Waals surface area contributed by atoms with Gasteiger partial charge in [-0.25, -0.2) is 13.1 Å². The van der Waals surface area contributed by atoms with Crippen molar-refractivity contribution in [2.24, 2.45) is 0 Å². The van der Waals surface area contributed by atoms with E-state index in [2.05, 4.69) is 9.82 Å². The molecule has 0 aliphatic rings. The number of carbonyl (C=O) groups is 1. The van der Waals surface area contributed by atoms with Crippen LogP contribution >= 0.6 is 0 Å². The van der Waals surface area contributed by atoms with E-state index in [1.807, 2.05) is 0 Å². The SMILES string of the molecule is O=C(O)CCn1cc(S(=O)(=O)NCCOCCO)cn1. The Morgan fingerprint density at radius 3 is 2.85 bits per heavy atom. The number of carboxylic acid groups (broad SMARTS) is 1. The summed E-state index contributed by atoms with van der Waals surface area (Å²) in [5, 5.41) is 20.8. The van der Waals surface area contributed by atoms with E-state index >= 15 is 0 Å². The number of aliphatic hydroxyl groups is 1. The van der Waals surface area contributed by atoms with Crippen LogP contribution in [0.15, 0.2) is 17.3 Å². The lowest BCUT2D eigenvalue weighted by molar-refractivity contribution is -0.137. The Morgan fingerprint density at radius 2 is 2.20 bits per heavy atom. The number of aliphatic carboxylic acids is 1. The molecule has 0 saturated carbocycles. The Kier molecular flexibility index (Phi) is 6.58. The van der Waals surface area contributed by atoms with Gasteiger partial charge >= 0.3 is 5.97 Å². The number of aryl methyl sites for hydroxylation is 1. The monoisotopic (exact) mass is 307 g/mol. The Labute approximate surface area is 116 Å². The fraction of sp³-hybridized carbons (Fsp3) is 0.600. The Balaban J connectivity index is 2.48. The number of nitrogens with zero attached hydrogens (tertiary/aromatic N) is 2. The summed E-state index contributed by atoms with van der Waals surface area (Å²) in [6.45, 7) is 0.345. The average Bonchev–Trinajstić information content (AvgIpc) is 2.85. The van der Waals surface area contributed by atoms with Crippen molar-refractivity contribution in [1.29, 1.82) is 0 Å². The van der Waals surface area contributed by atoms with Gasteiger partial charge in [0.25, 0.3) is 0 Å². The molecule has 0 atom stereocenters. The highest BCUT2D eigenvalue weighted by atomic mass is 32.2. The van der Waals surface area contributed by atoms with E-state index < -0.39 is 16.0 Å². The van der Waals surface area contributed by atoms with E-state index in [1.165, 1.54) is 10.9 Å². The van der Waals surface area contributed by atoms with Gasteiger partial charge in [0.2, 0.25) is 10.0 Å². The second kappa shape index (κ2) is 7.94. The Morgan fingerprint density at radius 1 is 1.45 bits per heavy atom. The molecule has 1 aromatic rings. The third-order valence-corrected chi connectivity index (χ3v) is 3.66. The molecule has 0 fully saturated rings. The van der Waals surface area contributed by atoms with Gasteiger partial charge < -0.3 is 14.9 Å². The molecule has 9 nitrogen and oxygen atoms in total. The van der Waals surface area contributed by atoms with Crippen molar-refractivity contribution in [1.82, 2.24) is 14.5 Å². The van der Waals surface area contributed by atoms with Gasteiger partial charge in [-0.05, 0) is 0 Å². The quantitative estimate of drug-likeness (QED) is 0.455. The fourth-order valence-electron chi connectivity index (χ4n) is 1.31. The van der Waals surface area contributed by atoms with Crippen LogP contribution in [-0.4, -0.2) is 60.7 Å². The highest BCUT2D eigenvalue weighted by Gasteiger charge is 2.16. The van der Waals surface area contributed by atoms with Gasteiger partial charge in [-0.1, -0.05) is 0 Å². The first kappa shape index (κ1) is 16.6. The van der Waals surface area contributed by atoms with Crippen LogP contribution in [0.3, 0.4) is 0 Å². The molecule has 0 spiro atoms. The zero-order valence-corrected chi connectivity index (χ0v) is 11.5. The first-order chi connectivity index (χ1) is 9.45. The van der Waals surface area contributed by atoms with Crippen molar-refractivity contribution in [3.8, 4) is 0 Å². The number of carboxylic acids is 1. The molecule has 0 unspecified atom stereocenters. The van der Waals surface area contributed by atoms with Gasteiger partial charge in [-0.15, -0.1) is 0 Å². The fourth-order valence-corrected chi connectivity index (χ4v) is 2.28. The zero-order chi connectivity index (χ0) is 15.0. The van der Waals surface area contributed by atoms with E-state index in [-0.39, 0.29) is 44.2 Å². The summed E-state index contributed by atoms with van der Waals surface area (Å²) in [5.41, 5.74) is 0. The Hall–Kier alpha value is -1.49. The summed E-state index contributed by atoms with van der Waals surface area (Å²) < 4.78 is 32.1. The van der Waals surface area contributed by atoms with Crippen LogP contribution in [0.25, 0.3) is 0 Å². The van der Waals surface area contributed by atoms with Gasteiger partial charge in [0.1, 0.15) is 4.90 Å². The molecule has 3 N–H and O–H groups in total. The molecule has 1 rings (SSSR count). The molecule has 0 aliphatic heterocycles. The summed E-state index contributed by atoms with van der Waals surface area (Å²) in [5.74, 6) is -0.982. The van der Waals surface area contributed by atoms with Crippen LogP contribution in [0.1, 0.15) is 6.42 Å². The zero-order valence-electron chi connectivity index (χ0n) is 10.7. The topological polar surface area (TPSA) is 131 Å². The minimum absolute atomic E-state index is 0.0370. The molecule has 0 aliphatic carbocycles. The molecule has 20 heavy (non-hydrogen) atoms. The van der Waals surface area contributed by atoms with E-state index in [0.717, 1.165) is 6.20 Å². The minimum atomic E-state index is -3.69. The molecule has 0 bridgehead atoms. The molecule has 10 heteroatoms. The number of aromatic nitrogens is 2. The number of rotatable bonds is 10. The maximum Gasteiger partial charge on any atom is 0.305 e. The third kappa shape index (κ3) is 5.65. The number of aliphatic hydroxyl groups excluding tert-OH is 1. The van der Waals surface area contributed by atoms with Gasteiger partial charge in [0.15, 0.2) is 0 Å². The van der Waals surface area contributed by atoms with Gasteiger partial charge in [0.05, 0.1) is 39.0 Å². The minimum Gasteiger partial charge on any atom is -0.481 e. The number of ether oxygens (including phenoxy) is 1. The molecule has 0 amide bonds. The van der Waals surface area contributed by atoms with Crippen molar-refractivity contribution in [2.75, 3.05) is 26.4 Å². The number of sulfonamides is 1. The predicted octanol–water partition coefficient (Wildman–Crippen LogP) is -1.35. The Bertz CT molecular complexity index is 527. The normalized spacial score (nSPS) is 11.7. The van der Waals surface area contributed by atoms with Crippen molar-refractivity contribution in [3.63, 3.8) is 0 Å². The summed E-state index contributed by atoms with van der Waals surface area (Å²) in [4.78, 5) is 10.4. The van der Waals surface area contributed by atoms with Gasteiger partial charge in [-0.2, -0.15) is 5.10 Å². The summed E-state index contributed by atoms with van der Waals surface area (Å²) in [6, 6.07) is 0. The average molecular weight is 307 g/mol. The molecule has 0 radical (unpaired) electrons. The predicted molar refractivity (Wildman–Crippen MR) is 67.6 cm³/mol. The first-order valence-corrected chi connectivity index (χ1v) is 7.36. The second-order valence-electron chi connectivity index (χ2n) is 3.82. The molecule has 1 aromatic heterocycles. The third-order valence-electron chi connectivity index (χ3n) is 2.25. The molecule has 1 heterocycles. The number of hydrogen-bond acceptors (Lipinski definition) is 6. The second-order valence-corrected chi connectivity index (χ2v) is 5.58. The van der Waals surface area contributed by atoms with Crippen LogP contribution in [0.5, 0.6) is 0 Å². The van der Waals surface area contributed by atoms with Crippen molar-refractivity contribution in [3.05, 3.63) is 12.4 Å². The highest BCUT2D eigenvalue weighted by molar-refractivity contribution is 7.89. The van der Waals surface area contributed by atoms with Crippen LogP contribution in [0.2, 0.25) is 0 Å². The van der Waals surface area contributed by atoms with Crippen molar-refractivity contribution >= 4 is 16.0 Å². The summed E-state index contributed by atoms with van der Waals surface area (Å²) in [6.07, 6.45) is 2.28. The van der Waals surface area contributed by atoms with Crippen molar-refractivity contribution in [2.45, 2.75) is 17.9 Å². The van der Waals surface area contributed by atoms with E-state index in [9.17, 15) is 13.2 Å². The van der Waals surface area contributed by atoms with Crippen LogP contribution in [0.4, 0.5) is 0 Å². The van der Waals surface area contributed by atoms with Crippen LogP contribution in [-0.2, 0) is 26.1 Å². The van der Waals surface area contributed by atoms with Crippen molar-refractivity contribution < 1.29 is 28.2 Å². The smallest absolute Gasteiger partial charge is 0.305 e. The number of hydrogen-bond donors (Lipinski definition) is 3. The van der Waals surface area contributed by atoms with E-state index in [0.29, 0.717) is 0 Å². The molecule has 0 aromatic carbocycles. The first-order valence-electron chi connectivity index (χ1n) is 5.88. The molecule has 0 saturated heterocycles. The summed E-state index contributed by atoms with van der Waals surface area (Å²) >= 11 is 0. The molecular formula is C10H17N3O6S. The van der Waals surface area contributed by atoms with Gasteiger partial charge in [0, 0.05) is 12.7 Å². The summed E-state index contributed by atoms with van der Waals surface area (Å²) in [7, 11) is -3.69. The van der Waals surface area contributed by atoms with Gasteiger partial charge in [-0.3, -0.25) is 9.48 Å². The van der Waals surface area contributed by atoms with E-state index in [1.54, 1.807) is 0 Å². The lowest BCUT2D eigenvalue weighted by atomic mass is 10.4. The van der Waals surface area contributed by atoms with Crippen LogP contribution < -0.4 is 4.72 Å². The van der Waals surface area contributed by atoms with E-state index in [4.69, 9.17) is 14.9 Å². The maximum atomic E-state index is 11.8. The lowest BCUT2D eigenvalue weighted by Crippen LogP contribution is -2.27. The molecular weight excluding hydrogens is 290 g/mol. The lowest BCUT2D eigenvalue weighted by Gasteiger charge is -2.04. The largest absolute Gasteiger partial charge is 0.481 e.